The number of amides is 1. The van der Waals surface area contributed by atoms with Crippen LogP contribution in [0.25, 0.3) is 10.8 Å². The van der Waals surface area contributed by atoms with Crippen molar-refractivity contribution in [3.8, 4) is 0 Å². The quantitative estimate of drug-likeness (QED) is 0.847. The van der Waals surface area contributed by atoms with E-state index in [2.05, 4.69) is 5.32 Å². The van der Waals surface area contributed by atoms with Crippen molar-refractivity contribution in [1.82, 2.24) is 5.32 Å². The SMILES string of the molecule is NC(=O)C1c2cccc3cccc(c23)C1C(=O)OC1=CC=CC=CN1. The second-order valence-corrected chi connectivity index (χ2v) is 5.99. The van der Waals surface area contributed by atoms with Crippen molar-refractivity contribution in [1.29, 1.82) is 0 Å². The highest BCUT2D eigenvalue weighted by atomic mass is 16.5. The predicted octanol–water partition coefficient (Wildman–Crippen LogP) is 2.56. The van der Waals surface area contributed by atoms with Gasteiger partial charge in [0.15, 0.2) is 0 Å². The summed E-state index contributed by atoms with van der Waals surface area (Å²) < 4.78 is 5.50. The molecule has 2 aromatic carbocycles. The summed E-state index contributed by atoms with van der Waals surface area (Å²) in [5.41, 5.74) is 7.20. The minimum Gasteiger partial charge on any atom is -0.409 e. The molecule has 0 fully saturated rings. The molecule has 5 heteroatoms. The lowest BCUT2D eigenvalue weighted by molar-refractivity contribution is -0.143. The molecular formula is C20H16N2O3. The standard InChI is InChI=1S/C20H16N2O3/c21-19(23)17-13-8-4-6-12-7-5-9-14(16(12)13)18(17)20(24)25-15-10-2-1-3-11-22-15/h1-11,17-18,22H,(H2,21,23). The normalized spacial score (nSPS) is 20.7. The molecule has 0 aromatic heterocycles. The molecule has 2 atom stereocenters. The van der Waals surface area contributed by atoms with Gasteiger partial charge in [-0.3, -0.25) is 9.59 Å². The summed E-state index contributed by atoms with van der Waals surface area (Å²) in [7, 11) is 0. The highest BCUT2D eigenvalue weighted by Crippen LogP contribution is 2.47. The first kappa shape index (κ1) is 15.2. The summed E-state index contributed by atoms with van der Waals surface area (Å²) in [4.78, 5) is 25.0. The topological polar surface area (TPSA) is 81.4 Å². The van der Waals surface area contributed by atoms with Gasteiger partial charge in [0.1, 0.15) is 0 Å². The zero-order valence-corrected chi connectivity index (χ0v) is 13.3. The molecule has 4 rings (SSSR count). The molecule has 1 heterocycles. The number of nitrogens with one attached hydrogen (secondary N) is 1. The molecule has 5 nitrogen and oxygen atoms in total. The lowest BCUT2D eigenvalue weighted by Gasteiger charge is -2.18. The van der Waals surface area contributed by atoms with E-state index in [1.807, 2.05) is 42.5 Å². The van der Waals surface area contributed by atoms with Crippen LogP contribution < -0.4 is 11.1 Å². The number of benzene rings is 2. The van der Waals surface area contributed by atoms with E-state index in [-0.39, 0.29) is 0 Å². The average Bonchev–Trinajstić information content (AvgIpc) is 2.75. The molecule has 1 aliphatic heterocycles. The average molecular weight is 332 g/mol. The van der Waals surface area contributed by atoms with Crippen LogP contribution in [0.15, 0.2) is 72.8 Å². The van der Waals surface area contributed by atoms with Crippen molar-refractivity contribution in [3.63, 3.8) is 0 Å². The second kappa shape index (κ2) is 5.94. The molecule has 2 unspecified atom stereocenters. The Morgan fingerprint density at radius 1 is 0.960 bits per heavy atom. The maximum absolute atomic E-state index is 12.9. The third-order valence-corrected chi connectivity index (χ3v) is 4.54. The third kappa shape index (κ3) is 2.50. The van der Waals surface area contributed by atoms with Gasteiger partial charge in [-0.2, -0.15) is 0 Å². The Morgan fingerprint density at radius 2 is 1.68 bits per heavy atom. The van der Waals surface area contributed by atoms with Crippen molar-refractivity contribution in [2.75, 3.05) is 0 Å². The zero-order chi connectivity index (χ0) is 17.4. The molecule has 0 bridgehead atoms. The largest absolute Gasteiger partial charge is 0.409 e. The maximum Gasteiger partial charge on any atom is 0.321 e. The number of carbonyl (C=O) groups excluding carboxylic acids is 2. The Morgan fingerprint density at radius 3 is 2.40 bits per heavy atom. The molecule has 0 spiro atoms. The number of esters is 1. The number of primary amides is 1. The van der Waals surface area contributed by atoms with Gasteiger partial charge in [0.05, 0.1) is 11.8 Å². The van der Waals surface area contributed by atoms with Gasteiger partial charge >= 0.3 is 5.97 Å². The molecule has 0 saturated carbocycles. The van der Waals surface area contributed by atoms with Gasteiger partial charge in [-0.15, -0.1) is 0 Å². The highest BCUT2D eigenvalue weighted by molar-refractivity contribution is 6.04. The van der Waals surface area contributed by atoms with Crippen LogP contribution in [0, 0.1) is 0 Å². The Hall–Kier alpha value is -3.34. The Bertz CT molecular complexity index is 967. The predicted molar refractivity (Wildman–Crippen MR) is 94.2 cm³/mol. The van der Waals surface area contributed by atoms with E-state index in [4.69, 9.17) is 10.5 Å². The summed E-state index contributed by atoms with van der Waals surface area (Å²) in [6.45, 7) is 0. The minimum atomic E-state index is -0.752. The van der Waals surface area contributed by atoms with Crippen LogP contribution in [-0.2, 0) is 14.3 Å². The lowest BCUT2D eigenvalue weighted by Crippen LogP contribution is -2.30. The van der Waals surface area contributed by atoms with Crippen LogP contribution >= 0.6 is 0 Å². The highest BCUT2D eigenvalue weighted by Gasteiger charge is 2.43. The number of hydrogen-bond acceptors (Lipinski definition) is 4. The summed E-state index contributed by atoms with van der Waals surface area (Å²) >= 11 is 0. The van der Waals surface area contributed by atoms with Crippen LogP contribution in [-0.4, -0.2) is 11.9 Å². The van der Waals surface area contributed by atoms with Gasteiger partial charge in [-0.05, 0) is 34.1 Å². The molecular weight excluding hydrogens is 316 g/mol. The van der Waals surface area contributed by atoms with E-state index in [1.165, 1.54) is 0 Å². The van der Waals surface area contributed by atoms with Crippen molar-refractivity contribution in [3.05, 3.63) is 83.9 Å². The molecule has 25 heavy (non-hydrogen) atoms. The van der Waals surface area contributed by atoms with E-state index in [0.29, 0.717) is 5.88 Å². The first-order chi connectivity index (χ1) is 12.2. The Labute approximate surface area is 144 Å². The first-order valence-corrected chi connectivity index (χ1v) is 7.99. The molecule has 124 valence electrons. The summed E-state index contributed by atoms with van der Waals surface area (Å²) in [6.07, 6.45) is 8.68. The monoisotopic (exact) mass is 332 g/mol. The smallest absolute Gasteiger partial charge is 0.321 e. The fraction of sp³-hybridized carbons (Fsp3) is 0.100. The van der Waals surface area contributed by atoms with E-state index in [0.717, 1.165) is 21.9 Å². The number of ether oxygens (including phenoxy) is 1. The van der Waals surface area contributed by atoms with Crippen molar-refractivity contribution < 1.29 is 14.3 Å². The number of allylic oxidation sites excluding steroid dienone is 4. The van der Waals surface area contributed by atoms with E-state index < -0.39 is 23.7 Å². The number of nitrogens with two attached hydrogens (primary N) is 1. The molecule has 0 radical (unpaired) electrons. The van der Waals surface area contributed by atoms with Crippen LogP contribution in [0.2, 0.25) is 0 Å². The van der Waals surface area contributed by atoms with E-state index in [9.17, 15) is 9.59 Å². The summed E-state index contributed by atoms with van der Waals surface area (Å²) in [5.74, 6) is -2.21. The minimum absolute atomic E-state index is 0.307. The number of carbonyl (C=O) groups is 2. The molecule has 1 aliphatic carbocycles. The van der Waals surface area contributed by atoms with Crippen LogP contribution in [0.5, 0.6) is 0 Å². The van der Waals surface area contributed by atoms with Crippen molar-refractivity contribution in [2.24, 2.45) is 5.73 Å². The fourth-order valence-electron chi connectivity index (χ4n) is 3.53. The number of rotatable bonds is 3. The molecule has 2 aliphatic rings. The van der Waals surface area contributed by atoms with Gasteiger partial charge < -0.3 is 15.8 Å². The Balaban J connectivity index is 1.76. The van der Waals surface area contributed by atoms with Crippen molar-refractivity contribution >= 4 is 22.6 Å². The summed E-state index contributed by atoms with van der Waals surface area (Å²) in [5, 5.41) is 4.78. The Kier molecular flexibility index (Phi) is 3.61. The lowest BCUT2D eigenvalue weighted by atomic mass is 9.89. The van der Waals surface area contributed by atoms with Gasteiger partial charge in [0.2, 0.25) is 11.8 Å². The molecule has 3 N–H and O–H groups in total. The van der Waals surface area contributed by atoms with Crippen molar-refractivity contribution in [2.45, 2.75) is 11.8 Å². The van der Waals surface area contributed by atoms with Gasteiger partial charge in [-0.25, -0.2) is 0 Å². The molecule has 1 amide bonds. The molecule has 0 saturated heterocycles. The molecule has 2 aromatic rings. The van der Waals surface area contributed by atoms with Crippen LogP contribution in [0.4, 0.5) is 0 Å². The second-order valence-electron chi connectivity index (χ2n) is 5.99. The summed E-state index contributed by atoms with van der Waals surface area (Å²) in [6, 6.07) is 11.4. The van der Waals surface area contributed by atoms with E-state index in [1.54, 1.807) is 24.4 Å². The van der Waals surface area contributed by atoms with Gasteiger partial charge in [-0.1, -0.05) is 48.6 Å². The van der Waals surface area contributed by atoms with Gasteiger partial charge in [0, 0.05) is 6.20 Å². The number of hydrogen-bond donors (Lipinski definition) is 2. The third-order valence-electron chi connectivity index (χ3n) is 4.54. The van der Waals surface area contributed by atoms with Gasteiger partial charge in [0.25, 0.3) is 0 Å². The van der Waals surface area contributed by atoms with Crippen LogP contribution in [0.3, 0.4) is 0 Å². The first-order valence-electron chi connectivity index (χ1n) is 7.99. The zero-order valence-electron chi connectivity index (χ0n) is 13.3. The van der Waals surface area contributed by atoms with E-state index >= 15 is 0 Å². The fourth-order valence-corrected chi connectivity index (χ4v) is 3.53. The maximum atomic E-state index is 12.9. The van der Waals surface area contributed by atoms with Crippen LogP contribution in [0.1, 0.15) is 23.0 Å².